The second kappa shape index (κ2) is 3.12. The molecule has 6 heavy (non-hydrogen) atoms. The van der Waals surface area contributed by atoms with Crippen molar-refractivity contribution in [1.29, 1.82) is 0 Å². The Balaban J connectivity index is 2.75. The molecule has 1 unspecified atom stereocenters. The minimum Gasteiger partial charge on any atom is -0.390 e. The molecule has 0 fully saturated rings. The van der Waals surface area contributed by atoms with Gasteiger partial charge in [-0.05, 0) is 6.42 Å². The smallest absolute Gasteiger partial charge is 0.108 e. The average Bonchev–Trinajstić information content (AvgIpc) is 1.65. The lowest BCUT2D eigenvalue weighted by Crippen LogP contribution is -2.02. The third kappa shape index (κ3) is 2.18. The molecule has 0 aliphatic rings. The van der Waals surface area contributed by atoms with E-state index >= 15 is 0 Å². The van der Waals surface area contributed by atoms with Gasteiger partial charge in [-0.1, -0.05) is 6.92 Å². The van der Waals surface area contributed by atoms with E-state index in [-0.39, 0.29) is 0 Å². The second-order valence-electron chi connectivity index (χ2n) is 1.12. The first-order valence-corrected chi connectivity index (χ1v) is 1.97. The molecule has 0 rings (SSSR count). The van der Waals surface area contributed by atoms with E-state index in [2.05, 4.69) is 0 Å². The van der Waals surface area contributed by atoms with Crippen LogP contribution in [-0.2, 0) is 0 Å². The average molecular weight is 89.1 g/mol. The normalized spacial score (nSPS) is 14.5. The molecule has 0 spiro atoms. The monoisotopic (exact) mass is 89.1 g/mol. The quantitative estimate of drug-likeness (QED) is 0.510. The molecule has 0 amide bonds. The molecular weight excluding hydrogens is 80.0 g/mol. The second-order valence-corrected chi connectivity index (χ2v) is 1.12. The van der Waals surface area contributed by atoms with Crippen LogP contribution in [0.3, 0.4) is 0 Å². The van der Waals surface area contributed by atoms with Gasteiger partial charge in [0.05, 0.1) is 6.10 Å². The highest BCUT2D eigenvalue weighted by Crippen LogP contribution is 1.88. The maximum Gasteiger partial charge on any atom is 0.108 e. The van der Waals surface area contributed by atoms with Gasteiger partial charge in [-0.2, -0.15) is 0 Å². The van der Waals surface area contributed by atoms with Crippen LogP contribution in [0.4, 0.5) is 0 Å². The third-order valence-corrected chi connectivity index (χ3v) is 0.590. The minimum absolute atomic E-state index is 0.580. The third-order valence-electron chi connectivity index (χ3n) is 0.590. The van der Waals surface area contributed by atoms with Crippen LogP contribution >= 0.6 is 0 Å². The standard InChI is InChI=1S/C4H9O2/c1-2-4(6)3-5/h3-6H,2H2,1H3. The summed E-state index contributed by atoms with van der Waals surface area (Å²) < 4.78 is 0. The highest BCUT2D eigenvalue weighted by molar-refractivity contribution is 4.57. The number of hydrogen-bond donors (Lipinski definition) is 2. The van der Waals surface area contributed by atoms with Gasteiger partial charge >= 0.3 is 0 Å². The lowest BCUT2D eigenvalue weighted by atomic mass is 10.3. The largest absolute Gasteiger partial charge is 0.390 e. The maximum absolute atomic E-state index is 8.36. The number of aliphatic hydroxyl groups excluding tert-OH is 2. The van der Waals surface area contributed by atoms with Gasteiger partial charge in [-0.25, -0.2) is 0 Å². The molecule has 2 nitrogen and oxygen atoms in total. The molecule has 0 aliphatic heterocycles. The van der Waals surface area contributed by atoms with E-state index < -0.39 is 6.10 Å². The van der Waals surface area contributed by atoms with Crippen molar-refractivity contribution in [3.05, 3.63) is 6.61 Å². The van der Waals surface area contributed by atoms with Gasteiger partial charge in [0.15, 0.2) is 0 Å². The van der Waals surface area contributed by atoms with Crippen molar-refractivity contribution >= 4 is 0 Å². The summed E-state index contributed by atoms with van der Waals surface area (Å²) in [5.41, 5.74) is 0. The Morgan fingerprint density at radius 2 is 2.33 bits per heavy atom. The van der Waals surface area contributed by atoms with Crippen molar-refractivity contribution in [2.24, 2.45) is 0 Å². The van der Waals surface area contributed by atoms with Crippen LogP contribution < -0.4 is 0 Å². The molecule has 0 saturated carbocycles. The zero-order valence-corrected chi connectivity index (χ0v) is 3.76. The van der Waals surface area contributed by atoms with E-state index in [1.54, 1.807) is 6.92 Å². The fourth-order valence-corrected chi connectivity index (χ4v) is 0.105. The van der Waals surface area contributed by atoms with E-state index in [0.717, 1.165) is 6.61 Å². The summed E-state index contributed by atoms with van der Waals surface area (Å²) in [6.45, 7) is 2.57. The predicted molar refractivity (Wildman–Crippen MR) is 22.5 cm³/mol. The summed E-state index contributed by atoms with van der Waals surface area (Å²) in [4.78, 5) is 0. The molecule has 1 atom stereocenters. The van der Waals surface area contributed by atoms with Gasteiger partial charge in [0, 0.05) is 0 Å². The number of rotatable bonds is 2. The van der Waals surface area contributed by atoms with Gasteiger partial charge in [0.1, 0.15) is 6.61 Å². The summed E-state index contributed by atoms with van der Waals surface area (Å²) >= 11 is 0. The van der Waals surface area contributed by atoms with Gasteiger partial charge in [0.2, 0.25) is 0 Å². The molecule has 0 bridgehead atoms. The first kappa shape index (κ1) is 5.92. The Morgan fingerprint density at radius 1 is 1.83 bits per heavy atom. The highest BCUT2D eigenvalue weighted by Gasteiger charge is 1.93. The SMILES string of the molecule is CCC(O)[CH]O. The van der Waals surface area contributed by atoms with Gasteiger partial charge in [-0.3, -0.25) is 0 Å². The fraction of sp³-hybridized carbons (Fsp3) is 0.750. The van der Waals surface area contributed by atoms with E-state index in [1.165, 1.54) is 0 Å². The maximum atomic E-state index is 8.36. The molecule has 0 saturated heterocycles. The van der Waals surface area contributed by atoms with Crippen LogP contribution in [0.25, 0.3) is 0 Å². The molecular formula is C4H9O2. The molecule has 0 heterocycles. The molecule has 37 valence electrons. The van der Waals surface area contributed by atoms with E-state index in [1.807, 2.05) is 0 Å². The van der Waals surface area contributed by atoms with Crippen molar-refractivity contribution in [2.45, 2.75) is 19.4 Å². The molecule has 2 heteroatoms. The lowest BCUT2D eigenvalue weighted by Gasteiger charge is -1.96. The van der Waals surface area contributed by atoms with E-state index in [9.17, 15) is 0 Å². The predicted octanol–water partition coefficient (Wildman–Crippen LogP) is 0.292. The van der Waals surface area contributed by atoms with Crippen molar-refractivity contribution in [2.75, 3.05) is 0 Å². The molecule has 0 aromatic carbocycles. The van der Waals surface area contributed by atoms with Gasteiger partial charge in [0.25, 0.3) is 0 Å². The van der Waals surface area contributed by atoms with Crippen LogP contribution in [0.1, 0.15) is 13.3 Å². The molecule has 2 N–H and O–H groups in total. The molecule has 0 aromatic heterocycles. The summed E-state index contributed by atoms with van der Waals surface area (Å²) in [5, 5.41) is 16.3. The number of hydrogen-bond acceptors (Lipinski definition) is 2. The van der Waals surface area contributed by atoms with Crippen molar-refractivity contribution < 1.29 is 10.2 Å². The van der Waals surface area contributed by atoms with Crippen molar-refractivity contribution in [3.63, 3.8) is 0 Å². The fourth-order valence-electron chi connectivity index (χ4n) is 0.105. The molecule has 0 aliphatic carbocycles. The summed E-state index contributed by atoms with van der Waals surface area (Å²) in [7, 11) is 0. The summed E-state index contributed by atoms with van der Waals surface area (Å²) in [5.74, 6) is 0. The summed E-state index contributed by atoms with van der Waals surface area (Å²) in [6.07, 6.45) is -0.0544. The van der Waals surface area contributed by atoms with Gasteiger partial charge in [-0.15, -0.1) is 0 Å². The lowest BCUT2D eigenvalue weighted by molar-refractivity contribution is 0.141. The minimum atomic E-state index is -0.634. The van der Waals surface area contributed by atoms with Crippen LogP contribution in [0.2, 0.25) is 0 Å². The van der Waals surface area contributed by atoms with Gasteiger partial charge < -0.3 is 10.2 Å². The first-order valence-electron chi connectivity index (χ1n) is 1.97. The van der Waals surface area contributed by atoms with Crippen molar-refractivity contribution in [3.8, 4) is 0 Å². The Hall–Kier alpha value is -0.0800. The zero-order chi connectivity index (χ0) is 4.99. The topological polar surface area (TPSA) is 40.5 Å². The Kier molecular flexibility index (Phi) is 3.08. The Morgan fingerprint density at radius 3 is 2.33 bits per heavy atom. The zero-order valence-electron chi connectivity index (χ0n) is 3.76. The Bertz CT molecular complexity index is 24.7. The van der Waals surface area contributed by atoms with Crippen LogP contribution in [-0.4, -0.2) is 16.3 Å². The highest BCUT2D eigenvalue weighted by atomic mass is 16.3. The summed E-state index contributed by atoms with van der Waals surface area (Å²) in [6, 6.07) is 0. The first-order chi connectivity index (χ1) is 2.81. The Labute approximate surface area is 37.4 Å². The number of aliphatic hydroxyl groups is 2. The van der Waals surface area contributed by atoms with E-state index in [0.29, 0.717) is 6.42 Å². The molecule has 1 radical (unpaired) electrons. The molecule has 0 aromatic rings. The van der Waals surface area contributed by atoms with Crippen LogP contribution in [0.15, 0.2) is 0 Å². The van der Waals surface area contributed by atoms with E-state index in [4.69, 9.17) is 10.2 Å². The van der Waals surface area contributed by atoms with Crippen LogP contribution in [0.5, 0.6) is 0 Å². The van der Waals surface area contributed by atoms with Crippen LogP contribution in [0, 0.1) is 6.61 Å². The van der Waals surface area contributed by atoms with Crippen molar-refractivity contribution in [1.82, 2.24) is 0 Å².